The normalized spacial score (nSPS) is 14.2. The molecule has 0 aliphatic heterocycles. The molecule has 11 heteroatoms. The van der Waals surface area contributed by atoms with E-state index in [0.717, 1.165) is 0 Å². The summed E-state index contributed by atoms with van der Waals surface area (Å²) in [6, 6.07) is -2.84. The summed E-state index contributed by atoms with van der Waals surface area (Å²) in [5, 5.41) is 16.5. The van der Waals surface area contributed by atoms with Crippen LogP contribution in [0.5, 0.6) is 0 Å². The number of carbonyl (C=O) groups is 4. The summed E-state index contributed by atoms with van der Waals surface area (Å²) >= 11 is 0. The van der Waals surface area contributed by atoms with E-state index in [2.05, 4.69) is 25.9 Å². The van der Waals surface area contributed by atoms with Gasteiger partial charge in [-0.15, -0.1) is 0 Å². The number of carbonyl (C=O) groups excluding carboxylic acids is 3. The summed E-state index contributed by atoms with van der Waals surface area (Å²) < 4.78 is 0. The molecule has 0 aliphatic rings. The number of aromatic amines is 1. The van der Waals surface area contributed by atoms with Crippen molar-refractivity contribution in [1.82, 2.24) is 25.9 Å². The number of hydrogen-bond donors (Lipinski definition) is 6. The number of aliphatic carboxylic acids is 1. The van der Waals surface area contributed by atoms with Gasteiger partial charge < -0.3 is 31.8 Å². The second kappa shape index (κ2) is 11.1. The standard InChI is InChI=1S/C18H30N6O5/c1-9(2)14(19)17(27)23-12(5-11-6-20-8-22-11)16(26)21-7-13(25)24-15(10(3)4)18(28)29/h6,8-10,12,14-15H,5,7,19H2,1-4H3,(H,20,22)(H,21,26)(H,23,27)(H,24,25)(H,28,29). The fraction of sp³-hybridized carbons (Fsp3) is 0.611. The number of hydrogen-bond acceptors (Lipinski definition) is 6. The van der Waals surface area contributed by atoms with Crippen LogP contribution in [0.25, 0.3) is 0 Å². The van der Waals surface area contributed by atoms with Crippen molar-refractivity contribution in [2.24, 2.45) is 17.6 Å². The molecule has 1 rings (SSSR count). The number of carboxylic acids is 1. The Kier molecular flexibility index (Phi) is 9.26. The molecule has 1 aromatic heterocycles. The lowest BCUT2D eigenvalue weighted by atomic mass is 10.0. The van der Waals surface area contributed by atoms with Gasteiger partial charge in [-0.05, 0) is 11.8 Å². The largest absolute Gasteiger partial charge is 0.480 e. The fourth-order valence-electron chi connectivity index (χ4n) is 2.42. The molecule has 0 saturated heterocycles. The zero-order chi connectivity index (χ0) is 22.1. The molecule has 0 aromatic carbocycles. The number of amides is 3. The van der Waals surface area contributed by atoms with Gasteiger partial charge in [0.25, 0.3) is 0 Å². The van der Waals surface area contributed by atoms with E-state index in [9.17, 15) is 19.2 Å². The summed E-state index contributed by atoms with van der Waals surface area (Å²) in [6.07, 6.45) is 3.08. The molecule has 0 saturated carbocycles. The molecule has 3 amide bonds. The number of H-pyrrole nitrogens is 1. The minimum absolute atomic E-state index is 0.119. The number of nitrogens with two attached hydrogens (primary N) is 1. The number of nitrogens with zero attached hydrogens (tertiary/aromatic N) is 1. The third-order valence-electron chi connectivity index (χ3n) is 4.31. The fourth-order valence-corrected chi connectivity index (χ4v) is 2.42. The Morgan fingerprint density at radius 3 is 2.24 bits per heavy atom. The van der Waals surface area contributed by atoms with Gasteiger partial charge in [0.2, 0.25) is 17.7 Å². The Hall–Kier alpha value is -2.95. The van der Waals surface area contributed by atoms with Crippen molar-refractivity contribution in [1.29, 1.82) is 0 Å². The van der Waals surface area contributed by atoms with E-state index in [0.29, 0.717) is 5.69 Å². The average molecular weight is 410 g/mol. The third kappa shape index (κ3) is 7.90. The lowest BCUT2D eigenvalue weighted by molar-refractivity contribution is -0.143. The van der Waals surface area contributed by atoms with Gasteiger partial charge in [-0.3, -0.25) is 14.4 Å². The Labute approximate surface area is 169 Å². The molecule has 1 heterocycles. The number of nitrogens with one attached hydrogen (secondary N) is 4. The maximum atomic E-state index is 12.6. The van der Waals surface area contributed by atoms with Crippen LogP contribution in [0.15, 0.2) is 12.5 Å². The number of carboxylic acid groups (broad SMARTS) is 1. The van der Waals surface area contributed by atoms with Gasteiger partial charge in [0.1, 0.15) is 12.1 Å². The van der Waals surface area contributed by atoms with Crippen LogP contribution >= 0.6 is 0 Å². The summed E-state index contributed by atoms with van der Waals surface area (Å²) in [5.41, 5.74) is 6.44. The summed E-state index contributed by atoms with van der Waals surface area (Å²) in [7, 11) is 0. The highest BCUT2D eigenvalue weighted by atomic mass is 16.4. The van der Waals surface area contributed by atoms with E-state index in [1.54, 1.807) is 27.7 Å². The highest BCUT2D eigenvalue weighted by molar-refractivity contribution is 5.92. The van der Waals surface area contributed by atoms with E-state index >= 15 is 0 Å². The molecule has 1 aromatic rings. The Bertz CT molecular complexity index is 704. The number of imidazole rings is 1. The van der Waals surface area contributed by atoms with E-state index < -0.39 is 48.4 Å². The maximum Gasteiger partial charge on any atom is 0.326 e. The first-order valence-corrected chi connectivity index (χ1v) is 9.36. The molecule has 0 bridgehead atoms. The monoisotopic (exact) mass is 410 g/mol. The predicted molar refractivity (Wildman–Crippen MR) is 104 cm³/mol. The van der Waals surface area contributed by atoms with Gasteiger partial charge in [0.15, 0.2) is 0 Å². The van der Waals surface area contributed by atoms with Gasteiger partial charge in [-0.2, -0.15) is 0 Å². The topological polar surface area (TPSA) is 179 Å². The molecule has 162 valence electrons. The van der Waals surface area contributed by atoms with Crippen LogP contribution in [0.1, 0.15) is 33.4 Å². The Morgan fingerprint density at radius 2 is 1.76 bits per heavy atom. The van der Waals surface area contributed by atoms with Gasteiger partial charge in [-0.1, -0.05) is 27.7 Å². The minimum Gasteiger partial charge on any atom is -0.480 e. The first kappa shape index (κ1) is 24.1. The molecule has 0 radical (unpaired) electrons. The van der Waals surface area contributed by atoms with E-state index in [4.69, 9.17) is 10.8 Å². The maximum absolute atomic E-state index is 12.6. The zero-order valence-electron chi connectivity index (χ0n) is 17.1. The first-order valence-electron chi connectivity index (χ1n) is 9.36. The van der Waals surface area contributed by atoms with Crippen LogP contribution in [0.2, 0.25) is 0 Å². The van der Waals surface area contributed by atoms with Gasteiger partial charge in [0.05, 0.1) is 18.9 Å². The van der Waals surface area contributed by atoms with Gasteiger partial charge >= 0.3 is 5.97 Å². The van der Waals surface area contributed by atoms with Crippen LogP contribution < -0.4 is 21.7 Å². The van der Waals surface area contributed by atoms with Crippen LogP contribution in [0.3, 0.4) is 0 Å². The van der Waals surface area contributed by atoms with E-state index in [1.807, 2.05) is 0 Å². The van der Waals surface area contributed by atoms with Crippen LogP contribution in [0, 0.1) is 11.8 Å². The van der Waals surface area contributed by atoms with E-state index in [-0.39, 0.29) is 18.3 Å². The lowest BCUT2D eigenvalue weighted by Gasteiger charge is -2.22. The van der Waals surface area contributed by atoms with Crippen LogP contribution in [-0.2, 0) is 25.6 Å². The molecule has 3 unspecified atom stereocenters. The van der Waals surface area contributed by atoms with Crippen molar-refractivity contribution in [3.8, 4) is 0 Å². The average Bonchev–Trinajstić information content (AvgIpc) is 3.15. The molecule has 7 N–H and O–H groups in total. The zero-order valence-corrected chi connectivity index (χ0v) is 17.1. The molecule has 11 nitrogen and oxygen atoms in total. The molecule has 0 fully saturated rings. The second-order valence-corrected chi connectivity index (χ2v) is 7.46. The third-order valence-corrected chi connectivity index (χ3v) is 4.31. The van der Waals surface area contributed by atoms with Crippen molar-refractivity contribution in [3.05, 3.63) is 18.2 Å². The van der Waals surface area contributed by atoms with Crippen LogP contribution in [-0.4, -0.2) is 63.4 Å². The quantitative estimate of drug-likeness (QED) is 0.264. The molecule has 29 heavy (non-hydrogen) atoms. The number of rotatable bonds is 11. The predicted octanol–water partition coefficient (Wildman–Crippen LogP) is -1.24. The summed E-state index contributed by atoms with van der Waals surface area (Å²) in [5.74, 6) is -3.35. The van der Waals surface area contributed by atoms with Crippen molar-refractivity contribution in [2.45, 2.75) is 52.2 Å². The second-order valence-electron chi connectivity index (χ2n) is 7.46. The summed E-state index contributed by atoms with van der Waals surface area (Å²) in [6.45, 7) is 6.45. The van der Waals surface area contributed by atoms with Crippen LogP contribution in [0.4, 0.5) is 0 Å². The van der Waals surface area contributed by atoms with Gasteiger partial charge in [0, 0.05) is 18.3 Å². The van der Waals surface area contributed by atoms with Gasteiger partial charge in [-0.25, -0.2) is 9.78 Å². The molecular formula is C18H30N6O5. The highest BCUT2D eigenvalue weighted by Gasteiger charge is 2.27. The van der Waals surface area contributed by atoms with Crippen molar-refractivity contribution in [3.63, 3.8) is 0 Å². The lowest BCUT2D eigenvalue weighted by Crippen LogP contribution is -2.55. The molecular weight excluding hydrogens is 380 g/mol. The van der Waals surface area contributed by atoms with Crippen molar-refractivity contribution < 1.29 is 24.3 Å². The summed E-state index contributed by atoms with van der Waals surface area (Å²) in [4.78, 5) is 54.7. The SMILES string of the molecule is CC(C)C(N)C(=O)NC(Cc1cnc[nH]1)C(=O)NCC(=O)NC(C(=O)O)C(C)C. The molecule has 3 atom stereocenters. The highest BCUT2D eigenvalue weighted by Crippen LogP contribution is 2.03. The first-order chi connectivity index (χ1) is 13.5. The Morgan fingerprint density at radius 1 is 1.10 bits per heavy atom. The van der Waals surface area contributed by atoms with Crippen molar-refractivity contribution in [2.75, 3.05) is 6.54 Å². The van der Waals surface area contributed by atoms with Crippen molar-refractivity contribution >= 4 is 23.7 Å². The molecule has 0 aliphatic carbocycles. The minimum atomic E-state index is -1.16. The molecule has 0 spiro atoms. The van der Waals surface area contributed by atoms with E-state index in [1.165, 1.54) is 12.5 Å². The number of aromatic nitrogens is 2. The Balaban J connectivity index is 2.74. The smallest absolute Gasteiger partial charge is 0.326 e.